The molecule has 0 fully saturated rings. The van der Waals surface area contributed by atoms with E-state index in [1.165, 1.54) is 0 Å². The fourth-order valence-electron chi connectivity index (χ4n) is 1.60. The molecule has 2 rings (SSSR count). The van der Waals surface area contributed by atoms with Gasteiger partial charge in [0.2, 0.25) is 11.8 Å². The molecule has 1 N–H and O–H groups in total. The molecule has 0 aliphatic rings. The van der Waals surface area contributed by atoms with Gasteiger partial charge in [-0.15, -0.1) is 10.2 Å². The Bertz CT molecular complexity index is 583. The van der Waals surface area contributed by atoms with E-state index in [1.54, 1.807) is 0 Å². The van der Waals surface area contributed by atoms with Crippen molar-refractivity contribution in [3.63, 3.8) is 0 Å². The van der Waals surface area contributed by atoms with Crippen molar-refractivity contribution in [2.24, 2.45) is 0 Å². The molecule has 108 valence electrons. The van der Waals surface area contributed by atoms with Crippen LogP contribution in [0.15, 0.2) is 33.2 Å². The summed E-state index contributed by atoms with van der Waals surface area (Å²) >= 11 is 3.46. The Morgan fingerprint density at radius 3 is 2.65 bits per heavy atom. The van der Waals surface area contributed by atoms with Gasteiger partial charge in [0.25, 0.3) is 0 Å². The fraction of sp³-hybridized carbons (Fsp3) is 0.429. The molecule has 1 aromatic heterocycles. The Hall–Kier alpha value is -1.24. The minimum Gasteiger partial charge on any atom is -0.419 e. The van der Waals surface area contributed by atoms with Gasteiger partial charge in [0.1, 0.15) is 0 Å². The van der Waals surface area contributed by atoms with E-state index in [0.29, 0.717) is 18.3 Å². The lowest BCUT2D eigenvalue weighted by atomic mass is 10.1. The predicted molar refractivity (Wildman–Crippen MR) is 80.1 cm³/mol. The maximum Gasteiger partial charge on any atom is 0.248 e. The van der Waals surface area contributed by atoms with Crippen molar-refractivity contribution < 1.29 is 9.52 Å². The highest BCUT2D eigenvalue weighted by atomic mass is 79.9. The van der Waals surface area contributed by atoms with Gasteiger partial charge in [-0.3, -0.25) is 4.90 Å². The van der Waals surface area contributed by atoms with Crippen molar-refractivity contribution in [1.82, 2.24) is 15.1 Å². The van der Waals surface area contributed by atoms with Gasteiger partial charge < -0.3 is 9.52 Å². The lowest BCUT2D eigenvalue weighted by Gasteiger charge is -2.32. The highest BCUT2D eigenvalue weighted by Crippen LogP contribution is 2.27. The number of halogens is 1. The smallest absolute Gasteiger partial charge is 0.248 e. The fourth-order valence-corrected chi connectivity index (χ4v) is 2.05. The molecule has 0 aliphatic carbocycles. The zero-order valence-corrected chi connectivity index (χ0v) is 13.4. The van der Waals surface area contributed by atoms with E-state index in [9.17, 15) is 5.11 Å². The summed E-state index contributed by atoms with van der Waals surface area (Å²) in [6, 6.07) is 7.70. The highest BCUT2D eigenvalue weighted by Gasteiger charge is 2.24. The van der Waals surface area contributed by atoms with Gasteiger partial charge in [0.15, 0.2) is 0 Å². The van der Waals surface area contributed by atoms with Gasteiger partial charge in [-0.1, -0.05) is 12.1 Å². The number of likely N-dealkylation sites (N-methyl/N-ethyl adjacent to an activating group) is 1. The van der Waals surface area contributed by atoms with Gasteiger partial charge in [0, 0.05) is 10.0 Å². The van der Waals surface area contributed by atoms with Crippen LogP contribution in [0.3, 0.4) is 0 Å². The van der Waals surface area contributed by atoms with Crippen molar-refractivity contribution in [2.45, 2.75) is 25.9 Å². The van der Waals surface area contributed by atoms with E-state index < -0.39 is 0 Å². The number of aliphatic hydroxyl groups is 1. The third-order valence-corrected chi connectivity index (χ3v) is 4.06. The molecule has 20 heavy (non-hydrogen) atoms. The van der Waals surface area contributed by atoms with Crippen LogP contribution in [-0.4, -0.2) is 39.4 Å². The van der Waals surface area contributed by atoms with Crippen LogP contribution in [0.1, 0.15) is 19.7 Å². The molecular weight excluding hydrogens is 322 g/mol. The summed E-state index contributed by atoms with van der Waals surface area (Å²) < 4.78 is 6.60. The van der Waals surface area contributed by atoms with Gasteiger partial charge in [-0.25, -0.2) is 0 Å². The topological polar surface area (TPSA) is 62.4 Å². The van der Waals surface area contributed by atoms with E-state index >= 15 is 0 Å². The molecule has 0 bridgehead atoms. The molecule has 5 nitrogen and oxygen atoms in total. The Morgan fingerprint density at radius 2 is 2.00 bits per heavy atom. The van der Waals surface area contributed by atoms with Gasteiger partial charge in [0.05, 0.1) is 18.7 Å². The van der Waals surface area contributed by atoms with E-state index in [0.717, 1.165) is 10.0 Å². The zero-order valence-electron chi connectivity index (χ0n) is 11.8. The standard InChI is InChI=1S/C14H18BrN3O2/c1-14(2,9-19)18(3)8-12-16-17-13(20-12)10-6-4-5-7-11(10)15/h4-7,19H,8-9H2,1-3H3. The first-order valence-electron chi connectivity index (χ1n) is 6.33. The SMILES string of the molecule is CN(Cc1nnc(-c2ccccc2Br)o1)C(C)(C)CO. The van der Waals surface area contributed by atoms with E-state index in [2.05, 4.69) is 26.1 Å². The molecule has 0 atom stereocenters. The van der Waals surface area contributed by atoms with E-state index in [4.69, 9.17) is 4.42 Å². The Kier molecular flexibility index (Phi) is 4.57. The number of aromatic nitrogens is 2. The van der Waals surface area contributed by atoms with Crippen LogP contribution in [0.4, 0.5) is 0 Å². The summed E-state index contributed by atoms with van der Waals surface area (Å²) in [5.41, 5.74) is 0.539. The van der Waals surface area contributed by atoms with Crippen LogP contribution in [-0.2, 0) is 6.54 Å². The summed E-state index contributed by atoms with van der Waals surface area (Å²) in [6.07, 6.45) is 0. The molecule has 0 unspecified atom stereocenters. The number of nitrogens with zero attached hydrogens (tertiary/aromatic N) is 3. The highest BCUT2D eigenvalue weighted by molar-refractivity contribution is 9.10. The van der Waals surface area contributed by atoms with Crippen molar-refractivity contribution >= 4 is 15.9 Å². The van der Waals surface area contributed by atoms with Crippen molar-refractivity contribution in [3.05, 3.63) is 34.6 Å². The molecule has 1 heterocycles. The van der Waals surface area contributed by atoms with Crippen LogP contribution < -0.4 is 0 Å². The van der Waals surface area contributed by atoms with Gasteiger partial charge in [-0.2, -0.15) is 0 Å². The predicted octanol–water partition coefficient (Wildman–Crippen LogP) is 2.70. The number of hydrogen-bond acceptors (Lipinski definition) is 5. The molecular formula is C14H18BrN3O2. The second-order valence-corrected chi connectivity index (χ2v) is 6.16. The molecule has 0 amide bonds. The minimum absolute atomic E-state index is 0.0642. The van der Waals surface area contributed by atoms with Crippen molar-refractivity contribution in [2.75, 3.05) is 13.7 Å². The second kappa shape index (κ2) is 6.03. The molecule has 0 radical (unpaired) electrons. The second-order valence-electron chi connectivity index (χ2n) is 5.31. The molecule has 0 aliphatic heterocycles. The molecule has 1 aromatic carbocycles. The number of rotatable bonds is 5. The number of benzene rings is 1. The van der Waals surface area contributed by atoms with Crippen molar-refractivity contribution in [1.29, 1.82) is 0 Å². The van der Waals surface area contributed by atoms with E-state index in [-0.39, 0.29) is 12.1 Å². The van der Waals surface area contributed by atoms with Crippen LogP contribution in [0.2, 0.25) is 0 Å². The lowest BCUT2D eigenvalue weighted by Crippen LogP contribution is -2.43. The van der Waals surface area contributed by atoms with Gasteiger partial charge >= 0.3 is 0 Å². The first kappa shape index (κ1) is 15.2. The lowest BCUT2D eigenvalue weighted by molar-refractivity contribution is 0.0670. The maximum atomic E-state index is 9.35. The molecule has 0 spiro atoms. The maximum absolute atomic E-state index is 9.35. The van der Waals surface area contributed by atoms with Gasteiger partial charge in [-0.05, 0) is 49.0 Å². The third-order valence-electron chi connectivity index (χ3n) is 3.36. The molecule has 2 aromatic rings. The zero-order chi connectivity index (χ0) is 14.8. The van der Waals surface area contributed by atoms with Crippen molar-refractivity contribution in [3.8, 4) is 11.5 Å². The summed E-state index contributed by atoms with van der Waals surface area (Å²) in [6.45, 7) is 4.47. The van der Waals surface area contributed by atoms with E-state index in [1.807, 2.05) is 50.1 Å². The summed E-state index contributed by atoms with van der Waals surface area (Å²) in [5.74, 6) is 1.02. The molecule has 0 saturated heterocycles. The first-order valence-corrected chi connectivity index (χ1v) is 7.13. The molecule has 0 saturated carbocycles. The molecule has 6 heteroatoms. The Labute approximate surface area is 126 Å². The summed E-state index contributed by atoms with van der Waals surface area (Å²) in [4.78, 5) is 1.98. The van der Waals surface area contributed by atoms with Crippen LogP contribution in [0.25, 0.3) is 11.5 Å². The third kappa shape index (κ3) is 3.26. The monoisotopic (exact) mass is 339 g/mol. The van der Waals surface area contributed by atoms with Crippen LogP contribution in [0.5, 0.6) is 0 Å². The average Bonchev–Trinajstić information content (AvgIpc) is 2.87. The first-order chi connectivity index (χ1) is 9.44. The largest absolute Gasteiger partial charge is 0.419 e. The number of aliphatic hydroxyl groups excluding tert-OH is 1. The summed E-state index contributed by atoms with van der Waals surface area (Å²) in [7, 11) is 1.92. The minimum atomic E-state index is -0.331. The quantitative estimate of drug-likeness (QED) is 0.907. The Morgan fingerprint density at radius 1 is 1.30 bits per heavy atom. The van der Waals surface area contributed by atoms with Crippen LogP contribution in [0, 0.1) is 0 Å². The number of hydrogen-bond donors (Lipinski definition) is 1. The normalized spacial score (nSPS) is 12.1. The van der Waals surface area contributed by atoms with Crippen LogP contribution >= 0.6 is 15.9 Å². The Balaban J connectivity index is 2.16. The summed E-state index contributed by atoms with van der Waals surface area (Å²) in [5, 5.41) is 17.5. The average molecular weight is 340 g/mol.